The van der Waals surface area contributed by atoms with Crippen molar-refractivity contribution in [3.05, 3.63) is 35.6 Å². The Kier molecular flexibility index (Phi) is 4.60. The summed E-state index contributed by atoms with van der Waals surface area (Å²) in [6, 6.07) is 7.53. The van der Waals surface area contributed by atoms with Crippen LogP contribution in [-0.2, 0) is 0 Å². The molecule has 0 aromatic carbocycles. The summed E-state index contributed by atoms with van der Waals surface area (Å²) in [6.45, 7) is 0. The van der Waals surface area contributed by atoms with Gasteiger partial charge in [-0.1, -0.05) is 0 Å². The van der Waals surface area contributed by atoms with Crippen molar-refractivity contribution in [1.29, 1.82) is 10.5 Å². The minimum absolute atomic E-state index is 0.0861. The van der Waals surface area contributed by atoms with Crippen molar-refractivity contribution >= 4 is 28.2 Å². The SMILES string of the molecule is [CH3][Sn]([CH3])([CH3])[c]1ccc(C=CC=C(C#N)C#N)o1. The molecule has 0 spiro atoms. The first-order valence-electron chi connectivity index (χ1n) is 5.26. The molecule has 0 unspecified atom stereocenters. The van der Waals surface area contributed by atoms with E-state index in [0.29, 0.717) is 0 Å². The van der Waals surface area contributed by atoms with Crippen LogP contribution in [0.4, 0.5) is 0 Å². The Morgan fingerprint density at radius 1 is 1.24 bits per heavy atom. The number of hydrogen-bond acceptors (Lipinski definition) is 3. The van der Waals surface area contributed by atoms with Gasteiger partial charge in [-0.2, -0.15) is 0 Å². The van der Waals surface area contributed by atoms with Gasteiger partial charge in [0.2, 0.25) is 0 Å². The van der Waals surface area contributed by atoms with E-state index in [1.54, 1.807) is 24.3 Å². The molecule has 1 heterocycles. The van der Waals surface area contributed by atoms with Crippen LogP contribution in [0.15, 0.2) is 34.3 Å². The van der Waals surface area contributed by atoms with Gasteiger partial charge >= 0.3 is 106 Å². The first-order chi connectivity index (χ1) is 7.97. The van der Waals surface area contributed by atoms with Gasteiger partial charge in [-0.3, -0.25) is 0 Å². The zero-order valence-electron chi connectivity index (χ0n) is 10.2. The third-order valence-electron chi connectivity index (χ3n) is 2.13. The molecule has 0 atom stereocenters. The maximum absolute atomic E-state index is 8.54. The molecule has 0 amide bonds. The molecule has 1 aromatic rings. The summed E-state index contributed by atoms with van der Waals surface area (Å²) in [5.41, 5.74) is 0.0861. The van der Waals surface area contributed by atoms with Crippen LogP contribution in [0, 0.1) is 22.7 Å². The average Bonchev–Trinajstić information content (AvgIpc) is 2.73. The van der Waals surface area contributed by atoms with Crippen molar-refractivity contribution in [3.8, 4) is 12.1 Å². The fourth-order valence-corrected chi connectivity index (χ4v) is 4.06. The van der Waals surface area contributed by atoms with Gasteiger partial charge in [-0.15, -0.1) is 0 Å². The Balaban J connectivity index is 2.82. The molecule has 3 nitrogen and oxygen atoms in total. The first kappa shape index (κ1) is 13.6. The Labute approximate surface area is 106 Å². The van der Waals surface area contributed by atoms with Crippen LogP contribution in [0.3, 0.4) is 0 Å². The molecule has 0 aliphatic carbocycles. The number of hydrogen-bond donors (Lipinski definition) is 0. The van der Waals surface area contributed by atoms with Crippen LogP contribution in [0.25, 0.3) is 6.08 Å². The van der Waals surface area contributed by atoms with Crippen LogP contribution < -0.4 is 3.78 Å². The van der Waals surface area contributed by atoms with E-state index < -0.39 is 18.4 Å². The molecule has 1 aromatic heterocycles. The van der Waals surface area contributed by atoms with E-state index in [9.17, 15) is 0 Å². The Bertz CT molecular complexity index is 517. The second-order valence-electron chi connectivity index (χ2n) is 4.62. The number of nitrogens with zero attached hydrogens (tertiary/aromatic N) is 2. The molecular formula is C13H14N2OSn. The van der Waals surface area contributed by atoms with Crippen molar-refractivity contribution in [2.24, 2.45) is 0 Å². The number of furan rings is 1. The first-order valence-corrected chi connectivity index (χ1v) is 15.2. The number of allylic oxidation sites excluding steroid dienone is 3. The Morgan fingerprint density at radius 3 is 2.35 bits per heavy atom. The zero-order chi connectivity index (χ0) is 12.9. The van der Waals surface area contributed by atoms with E-state index in [0.717, 1.165) is 9.54 Å². The normalized spacial score (nSPS) is 10.9. The van der Waals surface area contributed by atoms with Crippen molar-refractivity contribution in [1.82, 2.24) is 0 Å². The average molecular weight is 333 g/mol. The summed E-state index contributed by atoms with van der Waals surface area (Å²) in [6.07, 6.45) is 4.89. The van der Waals surface area contributed by atoms with Gasteiger partial charge < -0.3 is 0 Å². The molecule has 0 N–H and O–H groups in total. The fourth-order valence-electron chi connectivity index (χ4n) is 1.18. The van der Waals surface area contributed by atoms with Crippen molar-refractivity contribution in [3.63, 3.8) is 0 Å². The van der Waals surface area contributed by atoms with Crippen molar-refractivity contribution in [2.75, 3.05) is 0 Å². The third-order valence-corrected chi connectivity index (χ3v) is 7.12. The minimum atomic E-state index is -2.12. The van der Waals surface area contributed by atoms with Gasteiger partial charge in [-0.05, 0) is 0 Å². The van der Waals surface area contributed by atoms with Gasteiger partial charge in [0.25, 0.3) is 0 Å². The molecule has 0 radical (unpaired) electrons. The Hall–Kier alpha value is -1.46. The molecule has 0 bridgehead atoms. The van der Waals surface area contributed by atoms with Gasteiger partial charge in [0.1, 0.15) is 0 Å². The summed E-state index contributed by atoms with van der Waals surface area (Å²) < 4.78 is 6.82. The number of rotatable bonds is 3. The van der Waals surface area contributed by atoms with E-state index in [4.69, 9.17) is 14.9 Å². The maximum atomic E-state index is 8.54. The summed E-state index contributed by atoms with van der Waals surface area (Å²) in [5.74, 6) is 0.762. The molecule has 17 heavy (non-hydrogen) atoms. The monoisotopic (exact) mass is 334 g/mol. The van der Waals surface area contributed by atoms with E-state index in [1.165, 1.54) is 6.08 Å². The van der Waals surface area contributed by atoms with Crippen LogP contribution in [0.5, 0.6) is 0 Å². The molecule has 0 aliphatic heterocycles. The van der Waals surface area contributed by atoms with Crippen LogP contribution in [0.2, 0.25) is 14.8 Å². The summed E-state index contributed by atoms with van der Waals surface area (Å²) in [4.78, 5) is 6.85. The van der Waals surface area contributed by atoms with Gasteiger partial charge in [0, 0.05) is 0 Å². The van der Waals surface area contributed by atoms with E-state index in [-0.39, 0.29) is 5.57 Å². The summed E-state index contributed by atoms with van der Waals surface area (Å²) in [7, 11) is 0. The fraction of sp³-hybridized carbons (Fsp3) is 0.231. The number of nitriles is 2. The molecule has 0 aliphatic rings. The zero-order valence-corrected chi connectivity index (χ0v) is 13.0. The van der Waals surface area contributed by atoms with E-state index in [1.807, 2.05) is 12.1 Å². The van der Waals surface area contributed by atoms with Crippen LogP contribution in [-0.4, -0.2) is 18.4 Å². The molecule has 86 valence electrons. The molecule has 4 heteroatoms. The van der Waals surface area contributed by atoms with Crippen LogP contribution >= 0.6 is 0 Å². The molecule has 0 fully saturated rings. The third kappa shape index (κ3) is 4.13. The summed E-state index contributed by atoms with van der Waals surface area (Å²) in [5, 5.41) is 17.1. The van der Waals surface area contributed by atoms with Crippen molar-refractivity contribution in [2.45, 2.75) is 14.8 Å². The second-order valence-corrected chi connectivity index (χ2v) is 18.9. The van der Waals surface area contributed by atoms with E-state index in [2.05, 4.69) is 14.8 Å². The second kappa shape index (κ2) is 5.74. The molecular weight excluding hydrogens is 319 g/mol. The van der Waals surface area contributed by atoms with Gasteiger partial charge in [-0.25, -0.2) is 0 Å². The van der Waals surface area contributed by atoms with Crippen molar-refractivity contribution < 1.29 is 4.42 Å². The molecule has 0 saturated heterocycles. The van der Waals surface area contributed by atoms with E-state index >= 15 is 0 Å². The summed E-state index contributed by atoms with van der Waals surface area (Å²) >= 11 is -2.12. The topological polar surface area (TPSA) is 60.7 Å². The van der Waals surface area contributed by atoms with Crippen LogP contribution in [0.1, 0.15) is 5.76 Å². The van der Waals surface area contributed by atoms with Gasteiger partial charge in [0.15, 0.2) is 0 Å². The van der Waals surface area contributed by atoms with Gasteiger partial charge in [0.05, 0.1) is 0 Å². The molecule has 0 saturated carbocycles. The Morgan fingerprint density at radius 2 is 1.88 bits per heavy atom. The predicted molar refractivity (Wildman–Crippen MR) is 70.0 cm³/mol. The predicted octanol–water partition coefficient (Wildman–Crippen LogP) is 2.81. The molecule has 1 rings (SSSR count). The standard InChI is InChI=1S/C10H5N2O.3CH3.Sn/c11-7-9(8-12)3-1-4-10-5-2-6-13-10;;;;/h1-5H;3*1H3;. The quantitative estimate of drug-likeness (QED) is 0.486.